The van der Waals surface area contributed by atoms with Crippen LogP contribution in [-0.4, -0.2) is 4.57 Å². The van der Waals surface area contributed by atoms with Gasteiger partial charge in [0.1, 0.15) is 0 Å². The van der Waals surface area contributed by atoms with Gasteiger partial charge in [-0.05, 0) is 22.8 Å². The normalized spacial score (nSPS) is 11.2. The topological polar surface area (TPSA) is 4.93 Å². The Morgan fingerprint density at radius 2 is 1.13 bits per heavy atom. The molecule has 0 N–H and O–H groups in total. The molecule has 0 amide bonds. The number of para-hydroxylation sites is 1. The molecule has 4 aromatic carbocycles. The third kappa shape index (κ3) is 3.79. The van der Waals surface area contributed by atoms with Crippen molar-refractivity contribution in [1.29, 1.82) is 0 Å². The minimum atomic E-state index is 0.142. The Kier molecular flexibility index (Phi) is 5.41. The zero-order valence-electron chi connectivity index (χ0n) is 16.7. The van der Waals surface area contributed by atoms with E-state index in [2.05, 4.69) is 126 Å². The SMILES string of the molecule is c1ccc(CSc2cn(C(c3ccccc3)c3ccccc3)c3ccccc23)cc1. The molecular weight excluding hydrogens is 382 g/mol. The van der Waals surface area contributed by atoms with Gasteiger partial charge >= 0.3 is 0 Å². The Balaban J connectivity index is 1.61. The molecule has 0 spiro atoms. The Bertz CT molecular complexity index is 1190. The first-order chi connectivity index (χ1) is 14.9. The van der Waals surface area contributed by atoms with Gasteiger partial charge in [0.15, 0.2) is 0 Å². The molecule has 5 rings (SSSR count). The number of aromatic nitrogens is 1. The minimum absolute atomic E-state index is 0.142. The van der Waals surface area contributed by atoms with Gasteiger partial charge in [-0.15, -0.1) is 11.8 Å². The van der Waals surface area contributed by atoms with E-state index in [1.165, 1.54) is 32.5 Å². The van der Waals surface area contributed by atoms with Gasteiger partial charge in [-0.25, -0.2) is 0 Å². The lowest BCUT2D eigenvalue weighted by Gasteiger charge is -2.21. The minimum Gasteiger partial charge on any atom is -0.335 e. The fourth-order valence-corrected chi connectivity index (χ4v) is 5.05. The van der Waals surface area contributed by atoms with E-state index in [0.29, 0.717) is 0 Å². The van der Waals surface area contributed by atoms with Crippen molar-refractivity contribution in [2.24, 2.45) is 0 Å². The summed E-state index contributed by atoms with van der Waals surface area (Å²) < 4.78 is 2.44. The van der Waals surface area contributed by atoms with E-state index in [9.17, 15) is 0 Å². The summed E-state index contributed by atoms with van der Waals surface area (Å²) >= 11 is 1.91. The Morgan fingerprint density at radius 1 is 0.600 bits per heavy atom. The summed E-state index contributed by atoms with van der Waals surface area (Å²) in [6, 6.07) is 41.2. The average Bonchev–Trinajstić information content (AvgIpc) is 3.18. The van der Waals surface area contributed by atoms with Gasteiger partial charge in [-0.3, -0.25) is 0 Å². The lowest BCUT2D eigenvalue weighted by atomic mass is 9.98. The first-order valence-electron chi connectivity index (χ1n) is 10.3. The highest BCUT2D eigenvalue weighted by Crippen LogP contribution is 2.37. The summed E-state index contributed by atoms with van der Waals surface area (Å²) in [5, 5.41) is 1.32. The molecular formula is C28H23NS. The first kappa shape index (κ1) is 18.8. The molecule has 0 saturated carbocycles. The largest absolute Gasteiger partial charge is 0.335 e. The fourth-order valence-electron chi connectivity index (χ4n) is 4.02. The maximum Gasteiger partial charge on any atom is 0.0839 e. The van der Waals surface area contributed by atoms with E-state index in [1.807, 2.05) is 11.8 Å². The second kappa shape index (κ2) is 8.64. The van der Waals surface area contributed by atoms with E-state index < -0.39 is 0 Å². The van der Waals surface area contributed by atoms with Crippen LogP contribution >= 0.6 is 11.8 Å². The molecule has 146 valence electrons. The molecule has 0 aliphatic rings. The van der Waals surface area contributed by atoms with Crippen molar-refractivity contribution in [3.8, 4) is 0 Å². The molecule has 1 aromatic heterocycles. The monoisotopic (exact) mass is 405 g/mol. The molecule has 0 aliphatic heterocycles. The maximum absolute atomic E-state index is 2.44. The average molecular weight is 406 g/mol. The van der Waals surface area contributed by atoms with Crippen molar-refractivity contribution < 1.29 is 0 Å². The van der Waals surface area contributed by atoms with Crippen molar-refractivity contribution >= 4 is 22.7 Å². The number of fused-ring (bicyclic) bond motifs is 1. The van der Waals surface area contributed by atoms with E-state index in [-0.39, 0.29) is 6.04 Å². The predicted octanol–water partition coefficient (Wildman–Crippen LogP) is 7.57. The molecule has 30 heavy (non-hydrogen) atoms. The lowest BCUT2D eigenvalue weighted by molar-refractivity contribution is 0.701. The molecule has 0 fully saturated rings. The molecule has 2 heteroatoms. The first-order valence-corrected chi connectivity index (χ1v) is 11.2. The van der Waals surface area contributed by atoms with Crippen LogP contribution in [0.15, 0.2) is 126 Å². The number of hydrogen-bond donors (Lipinski definition) is 0. The van der Waals surface area contributed by atoms with Crippen molar-refractivity contribution in [3.05, 3.63) is 138 Å². The number of hydrogen-bond acceptors (Lipinski definition) is 1. The van der Waals surface area contributed by atoms with Crippen molar-refractivity contribution in [2.75, 3.05) is 0 Å². The molecule has 5 aromatic rings. The van der Waals surface area contributed by atoms with Crippen LogP contribution in [0.4, 0.5) is 0 Å². The molecule has 0 aliphatic carbocycles. The zero-order valence-corrected chi connectivity index (χ0v) is 17.5. The van der Waals surface area contributed by atoms with Crippen LogP contribution in [0.2, 0.25) is 0 Å². The number of thioether (sulfide) groups is 1. The molecule has 1 nitrogen and oxygen atoms in total. The summed E-state index contributed by atoms with van der Waals surface area (Å²) in [6.45, 7) is 0. The zero-order chi connectivity index (χ0) is 20.2. The Hall–Kier alpha value is -3.23. The van der Waals surface area contributed by atoms with E-state index >= 15 is 0 Å². The number of benzene rings is 4. The second-order valence-corrected chi connectivity index (χ2v) is 8.43. The van der Waals surface area contributed by atoms with Crippen LogP contribution < -0.4 is 0 Å². The highest BCUT2D eigenvalue weighted by Gasteiger charge is 2.20. The summed E-state index contributed by atoms with van der Waals surface area (Å²) in [4.78, 5) is 1.33. The molecule has 0 saturated heterocycles. The van der Waals surface area contributed by atoms with Crippen LogP contribution in [0.1, 0.15) is 22.7 Å². The number of rotatable bonds is 6. The van der Waals surface area contributed by atoms with Crippen LogP contribution in [0.3, 0.4) is 0 Å². The molecule has 0 bridgehead atoms. The van der Waals surface area contributed by atoms with Gasteiger partial charge in [0, 0.05) is 22.2 Å². The predicted molar refractivity (Wildman–Crippen MR) is 128 cm³/mol. The molecule has 1 heterocycles. The van der Waals surface area contributed by atoms with Gasteiger partial charge in [-0.2, -0.15) is 0 Å². The van der Waals surface area contributed by atoms with Crippen LogP contribution in [0.25, 0.3) is 10.9 Å². The number of nitrogens with zero attached hydrogens (tertiary/aromatic N) is 1. The van der Waals surface area contributed by atoms with Crippen LogP contribution in [0, 0.1) is 0 Å². The Morgan fingerprint density at radius 3 is 1.77 bits per heavy atom. The smallest absolute Gasteiger partial charge is 0.0839 e. The van der Waals surface area contributed by atoms with Crippen LogP contribution in [0.5, 0.6) is 0 Å². The van der Waals surface area contributed by atoms with Crippen molar-refractivity contribution in [3.63, 3.8) is 0 Å². The molecule has 0 atom stereocenters. The van der Waals surface area contributed by atoms with E-state index in [4.69, 9.17) is 0 Å². The third-order valence-electron chi connectivity index (χ3n) is 5.45. The molecule has 0 unspecified atom stereocenters. The van der Waals surface area contributed by atoms with Crippen molar-refractivity contribution in [1.82, 2.24) is 4.57 Å². The van der Waals surface area contributed by atoms with Gasteiger partial charge in [0.05, 0.1) is 11.6 Å². The van der Waals surface area contributed by atoms with Crippen molar-refractivity contribution in [2.45, 2.75) is 16.7 Å². The molecule has 0 radical (unpaired) electrons. The fraction of sp³-hybridized carbons (Fsp3) is 0.0714. The van der Waals surface area contributed by atoms with E-state index in [1.54, 1.807) is 0 Å². The highest BCUT2D eigenvalue weighted by molar-refractivity contribution is 7.98. The highest BCUT2D eigenvalue weighted by atomic mass is 32.2. The Labute approximate surface area is 182 Å². The van der Waals surface area contributed by atoms with Gasteiger partial charge < -0.3 is 4.57 Å². The second-order valence-electron chi connectivity index (χ2n) is 7.42. The quantitative estimate of drug-likeness (QED) is 0.264. The third-order valence-corrected chi connectivity index (χ3v) is 6.56. The van der Waals surface area contributed by atoms with Gasteiger partial charge in [0.2, 0.25) is 0 Å². The van der Waals surface area contributed by atoms with E-state index in [0.717, 1.165) is 5.75 Å². The van der Waals surface area contributed by atoms with Gasteiger partial charge in [-0.1, -0.05) is 109 Å². The van der Waals surface area contributed by atoms with Gasteiger partial charge in [0.25, 0.3) is 0 Å². The maximum atomic E-state index is 2.44. The summed E-state index contributed by atoms with van der Waals surface area (Å²) in [5.41, 5.74) is 5.21. The summed E-state index contributed by atoms with van der Waals surface area (Å²) in [5.74, 6) is 0.968. The van der Waals surface area contributed by atoms with Crippen LogP contribution in [-0.2, 0) is 5.75 Å². The lowest BCUT2D eigenvalue weighted by Crippen LogP contribution is -2.11. The summed E-state index contributed by atoms with van der Waals surface area (Å²) in [6.07, 6.45) is 2.34. The summed E-state index contributed by atoms with van der Waals surface area (Å²) in [7, 11) is 0. The standard InChI is InChI=1S/C28H23NS/c1-4-12-22(13-5-1)21-30-27-20-29(26-19-11-10-18-25(26)27)28(23-14-6-2-7-15-23)24-16-8-3-9-17-24/h1-20,28H,21H2.